The van der Waals surface area contributed by atoms with Crippen LogP contribution in [0.1, 0.15) is 42.1 Å². The molecule has 2 heterocycles. The van der Waals surface area contributed by atoms with Gasteiger partial charge in [-0.05, 0) is 48.5 Å². The second-order valence-corrected chi connectivity index (χ2v) is 10.7. The summed E-state index contributed by atoms with van der Waals surface area (Å²) in [7, 11) is -4.85. The van der Waals surface area contributed by atoms with E-state index in [1.54, 1.807) is 30.3 Å². The van der Waals surface area contributed by atoms with Crippen LogP contribution in [0.4, 0.5) is 10.5 Å². The lowest BCUT2D eigenvalue weighted by Crippen LogP contribution is -2.51. The number of benzene rings is 2. The first-order valence-corrected chi connectivity index (χ1v) is 13.1. The Morgan fingerprint density at radius 1 is 1.26 bits per heavy atom. The number of aliphatic hydroxyl groups is 1. The third-order valence-corrected chi connectivity index (χ3v) is 7.76. The van der Waals surface area contributed by atoms with E-state index in [2.05, 4.69) is 5.32 Å². The van der Waals surface area contributed by atoms with Gasteiger partial charge < -0.3 is 30.4 Å². The Kier molecular flexibility index (Phi) is 5.37. The molecule has 208 valence electrons. The average Bonchev–Trinajstić information content (AvgIpc) is 3.40. The Morgan fingerprint density at radius 2 is 2.00 bits per heavy atom. The highest BCUT2D eigenvalue weighted by molar-refractivity contribution is 7.89. The van der Waals surface area contributed by atoms with Crippen LogP contribution in [-0.2, 0) is 30.7 Å². The third kappa shape index (κ3) is 7.03. The molecule has 0 aromatic heterocycles. The first-order chi connectivity index (χ1) is 22.7. The monoisotopic (exact) mass is 559 g/mol. The van der Waals surface area contributed by atoms with Gasteiger partial charge in [0.05, 0.1) is 40.2 Å². The zero-order valence-electron chi connectivity index (χ0n) is 32.2. The molecule has 2 aromatic rings. The summed E-state index contributed by atoms with van der Waals surface area (Å²) in [6, 6.07) is 11.2. The molecular formula is C27H37N3O7S. The highest BCUT2D eigenvalue weighted by atomic mass is 32.2. The number of sulfonamides is 1. The molecule has 0 bridgehead atoms. The fourth-order valence-corrected chi connectivity index (χ4v) is 5.43. The van der Waals surface area contributed by atoms with E-state index in [0.29, 0.717) is 9.87 Å². The number of carbonyl (C=O) groups excluding carboxylic acids is 1. The van der Waals surface area contributed by atoms with Gasteiger partial charge in [-0.15, -0.1) is 0 Å². The van der Waals surface area contributed by atoms with Gasteiger partial charge >= 0.3 is 6.09 Å². The fraction of sp³-hybridized carbons (Fsp3) is 0.519. The molecule has 10 nitrogen and oxygen atoms in total. The van der Waals surface area contributed by atoms with Crippen LogP contribution in [0.15, 0.2) is 59.5 Å². The van der Waals surface area contributed by atoms with Crippen LogP contribution in [0.3, 0.4) is 0 Å². The van der Waals surface area contributed by atoms with E-state index in [1.165, 1.54) is 12.1 Å². The SMILES string of the molecule is [2H]C([2H])([2H])C([2H])(CN(C[C@@H](O)[C@H](Cc1ccccc1)NC(=O)O[C@@]1([2H])CO[C@H]2OC([2H])([2H])C([2H])([2H])[C@H]21)S(=O)(=O)c1ccc(N)cc1)C([2H])([2H])[2H]. The number of nitrogen functional groups attached to an aromatic ring is 1. The second-order valence-electron chi connectivity index (χ2n) is 8.73. The molecule has 38 heavy (non-hydrogen) atoms. The van der Waals surface area contributed by atoms with Crippen molar-refractivity contribution in [2.24, 2.45) is 11.8 Å². The van der Waals surface area contributed by atoms with E-state index in [4.69, 9.17) is 36.4 Å². The predicted molar refractivity (Wildman–Crippen MR) is 142 cm³/mol. The van der Waals surface area contributed by atoms with Crippen LogP contribution in [-0.4, -0.2) is 74.7 Å². The maximum Gasteiger partial charge on any atom is 0.407 e. The van der Waals surface area contributed by atoms with Gasteiger partial charge in [0.1, 0.15) is 6.08 Å². The van der Waals surface area contributed by atoms with E-state index in [9.17, 15) is 18.3 Å². The first kappa shape index (κ1) is 16.4. The predicted octanol–water partition coefficient (Wildman–Crippen LogP) is 2.38. The molecule has 11 heteroatoms. The summed E-state index contributed by atoms with van der Waals surface area (Å²) in [4.78, 5) is 12.8. The van der Waals surface area contributed by atoms with E-state index >= 15 is 0 Å². The molecule has 0 aliphatic carbocycles. The third-order valence-electron chi connectivity index (χ3n) is 5.93. The Hall–Kier alpha value is -2.70. The van der Waals surface area contributed by atoms with E-state index < -0.39 is 104 Å². The second kappa shape index (κ2) is 12.4. The smallest absolute Gasteiger partial charge is 0.407 e. The normalized spacial score (nSPS) is 33.0. The molecule has 2 aliphatic rings. The summed E-state index contributed by atoms with van der Waals surface area (Å²) in [6.45, 7) is -13.2. The molecule has 2 aromatic carbocycles. The lowest BCUT2D eigenvalue weighted by atomic mass is 10.0. The number of anilines is 1. The summed E-state index contributed by atoms with van der Waals surface area (Å²) in [5, 5.41) is 13.9. The van der Waals surface area contributed by atoms with Crippen molar-refractivity contribution < 1.29 is 49.0 Å². The molecule has 2 aliphatic heterocycles. The highest BCUT2D eigenvalue weighted by Gasteiger charge is 2.44. The largest absolute Gasteiger partial charge is 0.443 e. The Balaban J connectivity index is 1.68. The van der Waals surface area contributed by atoms with Crippen molar-refractivity contribution in [1.82, 2.24) is 9.62 Å². The number of nitrogens with one attached hydrogen (secondary N) is 1. The minimum Gasteiger partial charge on any atom is -0.443 e. The van der Waals surface area contributed by atoms with Gasteiger partial charge in [-0.3, -0.25) is 0 Å². The number of carbonyl (C=O) groups is 1. The van der Waals surface area contributed by atoms with E-state index in [1.807, 2.05) is 0 Å². The molecule has 4 rings (SSSR count). The number of amides is 1. The fourth-order valence-electron chi connectivity index (χ4n) is 4.00. The van der Waals surface area contributed by atoms with Crippen molar-refractivity contribution >= 4 is 21.8 Å². The lowest BCUT2D eigenvalue weighted by molar-refractivity contribution is -0.0907. The summed E-state index contributed by atoms with van der Waals surface area (Å²) in [6.07, 6.45) is -10.5. The van der Waals surface area contributed by atoms with Crippen LogP contribution in [0.5, 0.6) is 0 Å². The van der Waals surface area contributed by atoms with Gasteiger partial charge in [-0.2, -0.15) is 4.31 Å². The molecule has 0 saturated carbocycles. The van der Waals surface area contributed by atoms with Crippen molar-refractivity contribution in [2.45, 2.75) is 55.9 Å². The molecule has 2 fully saturated rings. The average molecular weight is 560 g/mol. The molecule has 0 radical (unpaired) electrons. The number of nitrogens with zero attached hydrogens (tertiary/aromatic N) is 1. The van der Waals surface area contributed by atoms with Crippen molar-refractivity contribution in [3.05, 3.63) is 60.2 Å². The number of hydrogen-bond donors (Lipinski definition) is 3. The van der Waals surface area contributed by atoms with Crippen LogP contribution < -0.4 is 11.1 Å². The van der Waals surface area contributed by atoms with Crippen LogP contribution in [0, 0.1) is 11.8 Å². The molecular weight excluding hydrogens is 510 g/mol. The number of ether oxygens (including phenoxy) is 3. The minimum absolute atomic E-state index is 0.167. The van der Waals surface area contributed by atoms with Gasteiger partial charge in [0.2, 0.25) is 10.0 Å². The maximum atomic E-state index is 13.9. The summed E-state index contributed by atoms with van der Waals surface area (Å²) >= 11 is 0. The molecule has 2 saturated heterocycles. The van der Waals surface area contributed by atoms with Gasteiger partial charge in [0, 0.05) is 31.1 Å². The first-order valence-electron chi connectivity index (χ1n) is 17.6. The minimum atomic E-state index is -4.85. The summed E-state index contributed by atoms with van der Waals surface area (Å²) in [5.74, 6) is -5.12. The molecule has 0 spiro atoms. The zero-order valence-corrected chi connectivity index (χ0v) is 21.0. The number of hydrogen-bond acceptors (Lipinski definition) is 8. The highest BCUT2D eigenvalue weighted by Crippen LogP contribution is 2.33. The van der Waals surface area contributed by atoms with Crippen LogP contribution in [0.2, 0.25) is 0 Å². The Bertz CT molecular complexity index is 1620. The van der Waals surface area contributed by atoms with Crippen molar-refractivity contribution in [3.8, 4) is 0 Å². The van der Waals surface area contributed by atoms with Crippen LogP contribution >= 0.6 is 0 Å². The maximum absolute atomic E-state index is 13.9. The molecule has 4 N–H and O–H groups in total. The van der Waals surface area contributed by atoms with Crippen molar-refractivity contribution in [1.29, 1.82) is 0 Å². The van der Waals surface area contributed by atoms with Gasteiger partial charge in [0.25, 0.3) is 0 Å². The number of nitrogens with two attached hydrogens (primary N) is 1. The van der Waals surface area contributed by atoms with Crippen molar-refractivity contribution in [3.63, 3.8) is 0 Å². The standard InChI is InChI=1S/C27H37N3O7S/c1-18(2)15-30(38(33,34)21-10-8-20(28)9-11-21)16-24(31)23(14-19-6-4-3-5-7-19)29-27(32)37-25-17-36-26-22(25)12-13-35-26/h3-11,18,22-26,31H,12-17,28H2,1-2H3,(H,29,32)/t22-,23-,24+,25-,26+/m0/s1/i1D3,2D3,12D2,13D2,18D,25D. The molecule has 5 atom stereocenters. The summed E-state index contributed by atoms with van der Waals surface area (Å²) in [5.41, 5.74) is 6.34. The lowest BCUT2D eigenvalue weighted by Gasteiger charge is -2.31. The topological polar surface area (TPSA) is 140 Å². The number of rotatable bonds is 11. The van der Waals surface area contributed by atoms with Gasteiger partial charge in [-0.25, -0.2) is 13.2 Å². The van der Waals surface area contributed by atoms with E-state index in [0.717, 1.165) is 12.1 Å². The Morgan fingerprint density at radius 3 is 2.71 bits per heavy atom. The Labute approximate surface area is 241 Å². The van der Waals surface area contributed by atoms with E-state index in [-0.39, 0.29) is 12.1 Å². The van der Waals surface area contributed by atoms with Crippen LogP contribution in [0.25, 0.3) is 0 Å². The number of aliphatic hydroxyl groups excluding tert-OH is 1. The molecule has 1 amide bonds. The number of alkyl carbamates (subject to hydrolysis) is 1. The van der Waals surface area contributed by atoms with Gasteiger partial charge in [0.15, 0.2) is 6.29 Å². The molecule has 0 unspecified atom stereocenters. The zero-order chi connectivity index (χ0) is 37.7. The van der Waals surface area contributed by atoms with Crippen molar-refractivity contribution in [2.75, 3.05) is 32.0 Å². The number of fused-ring (bicyclic) bond motifs is 1. The quantitative estimate of drug-likeness (QED) is 0.357. The summed E-state index contributed by atoms with van der Waals surface area (Å²) < 4.78 is 140. The van der Waals surface area contributed by atoms with Gasteiger partial charge in [-0.1, -0.05) is 44.0 Å².